The monoisotopic (exact) mass is 244 g/mol. The molecule has 0 radical (unpaired) electrons. The van der Waals surface area contributed by atoms with E-state index in [0.29, 0.717) is 6.61 Å². The van der Waals surface area contributed by atoms with Gasteiger partial charge in [-0.05, 0) is 34.2 Å². The summed E-state index contributed by atoms with van der Waals surface area (Å²) in [6.45, 7) is 8.40. The lowest BCUT2D eigenvalue weighted by atomic mass is 10.0. The topological polar surface area (TPSA) is 58.6 Å². The molecule has 5 heteroatoms. The highest BCUT2D eigenvalue weighted by molar-refractivity contribution is 5.79. The summed E-state index contributed by atoms with van der Waals surface area (Å²) >= 11 is 0. The third-order valence-electron chi connectivity index (χ3n) is 2.48. The van der Waals surface area contributed by atoms with Crippen LogP contribution in [0, 0.1) is 0 Å². The minimum atomic E-state index is -0.308. The summed E-state index contributed by atoms with van der Waals surface area (Å²) in [5.74, 6) is -0.388. The molecule has 0 aromatic heterocycles. The van der Waals surface area contributed by atoms with Crippen LogP contribution >= 0.6 is 0 Å². The van der Waals surface area contributed by atoms with Gasteiger partial charge in [-0.25, -0.2) is 0 Å². The first kappa shape index (κ1) is 15.9. The number of amides is 1. The molecule has 5 nitrogen and oxygen atoms in total. The molecule has 0 rings (SSSR count). The fourth-order valence-electron chi connectivity index (χ4n) is 1.23. The van der Waals surface area contributed by atoms with Gasteiger partial charge in [-0.1, -0.05) is 6.92 Å². The molecule has 100 valence electrons. The third kappa shape index (κ3) is 7.74. The molecule has 0 fully saturated rings. The van der Waals surface area contributed by atoms with Crippen LogP contribution in [-0.2, 0) is 14.3 Å². The Labute approximate surface area is 103 Å². The fourth-order valence-corrected chi connectivity index (χ4v) is 1.23. The maximum absolute atomic E-state index is 11.7. The van der Waals surface area contributed by atoms with Crippen molar-refractivity contribution in [2.75, 3.05) is 26.7 Å². The van der Waals surface area contributed by atoms with Gasteiger partial charge in [-0.3, -0.25) is 14.5 Å². The molecule has 0 saturated carbocycles. The van der Waals surface area contributed by atoms with Crippen LogP contribution in [-0.4, -0.2) is 49.1 Å². The summed E-state index contributed by atoms with van der Waals surface area (Å²) in [5, 5.41) is 2.91. The number of likely N-dealkylation sites (N-methyl/N-ethyl adjacent to an activating group) is 1. The Kier molecular flexibility index (Phi) is 6.80. The zero-order valence-corrected chi connectivity index (χ0v) is 11.5. The van der Waals surface area contributed by atoms with Crippen molar-refractivity contribution in [2.45, 2.75) is 39.7 Å². The first-order valence-corrected chi connectivity index (χ1v) is 5.96. The van der Waals surface area contributed by atoms with Gasteiger partial charge in [0.15, 0.2) is 0 Å². The van der Waals surface area contributed by atoms with Crippen molar-refractivity contribution >= 4 is 11.9 Å². The molecule has 0 saturated heterocycles. The third-order valence-corrected chi connectivity index (χ3v) is 2.48. The number of ether oxygens (including phenoxy) is 1. The van der Waals surface area contributed by atoms with Crippen molar-refractivity contribution < 1.29 is 14.3 Å². The van der Waals surface area contributed by atoms with E-state index in [2.05, 4.69) is 5.32 Å². The molecule has 1 amide bonds. The minimum Gasteiger partial charge on any atom is -0.465 e. The van der Waals surface area contributed by atoms with Gasteiger partial charge in [0.1, 0.15) is 0 Å². The molecule has 1 N–H and O–H groups in total. The number of nitrogens with zero attached hydrogens (tertiary/aromatic N) is 1. The van der Waals surface area contributed by atoms with Crippen molar-refractivity contribution in [3.05, 3.63) is 0 Å². The first-order chi connectivity index (χ1) is 7.80. The second-order valence-electron chi connectivity index (χ2n) is 4.76. The number of carbonyl (C=O) groups excluding carboxylic acids is 2. The van der Waals surface area contributed by atoms with Gasteiger partial charge in [0.05, 0.1) is 19.7 Å². The van der Waals surface area contributed by atoms with E-state index in [9.17, 15) is 9.59 Å². The zero-order valence-electron chi connectivity index (χ0n) is 11.5. The minimum absolute atomic E-state index is 0.0800. The predicted molar refractivity (Wildman–Crippen MR) is 66.6 cm³/mol. The summed E-state index contributed by atoms with van der Waals surface area (Å²) in [5.41, 5.74) is -0.206. The number of hydrogen-bond donors (Lipinski definition) is 1. The lowest BCUT2D eigenvalue weighted by Gasteiger charge is -2.26. The Morgan fingerprint density at radius 3 is 2.29 bits per heavy atom. The molecule has 0 aliphatic carbocycles. The van der Waals surface area contributed by atoms with Gasteiger partial charge < -0.3 is 10.1 Å². The highest BCUT2D eigenvalue weighted by Crippen LogP contribution is 2.06. The molecule has 0 unspecified atom stereocenters. The lowest BCUT2D eigenvalue weighted by Crippen LogP contribution is -2.47. The van der Waals surface area contributed by atoms with Gasteiger partial charge in [0.25, 0.3) is 0 Å². The van der Waals surface area contributed by atoms with Crippen LogP contribution in [0.5, 0.6) is 0 Å². The normalized spacial score (nSPS) is 11.4. The van der Waals surface area contributed by atoms with E-state index < -0.39 is 0 Å². The second-order valence-corrected chi connectivity index (χ2v) is 4.76. The predicted octanol–water partition coefficient (Wildman–Crippen LogP) is 0.786. The number of esters is 1. The fraction of sp³-hybridized carbons (Fsp3) is 0.833. The highest BCUT2D eigenvalue weighted by Gasteiger charge is 2.19. The van der Waals surface area contributed by atoms with Crippen molar-refractivity contribution in [1.29, 1.82) is 0 Å². The first-order valence-electron chi connectivity index (χ1n) is 5.96. The van der Waals surface area contributed by atoms with E-state index in [4.69, 9.17) is 4.74 Å². The summed E-state index contributed by atoms with van der Waals surface area (Å²) in [4.78, 5) is 24.5. The Morgan fingerprint density at radius 1 is 1.24 bits per heavy atom. The Balaban J connectivity index is 4.00. The Hall–Kier alpha value is -1.10. The SMILES string of the molecule is CCOC(=O)CN(C)CC(=O)NC(C)(C)CC. The van der Waals surface area contributed by atoms with Crippen LogP contribution in [0.25, 0.3) is 0 Å². The van der Waals surface area contributed by atoms with Crippen molar-refractivity contribution in [1.82, 2.24) is 10.2 Å². The summed E-state index contributed by atoms with van der Waals surface area (Å²) in [7, 11) is 1.72. The van der Waals surface area contributed by atoms with E-state index in [1.807, 2.05) is 20.8 Å². The van der Waals surface area contributed by atoms with Gasteiger partial charge in [-0.15, -0.1) is 0 Å². The molecule has 17 heavy (non-hydrogen) atoms. The van der Waals surface area contributed by atoms with E-state index >= 15 is 0 Å². The van der Waals surface area contributed by atoms with Crippen LogP contribution in [0.2, 0.25) is 0 Å². The van der Waals surface area contributed by atoms with Crippen molar-refractivity contribution in [3.8, 4) is 0 Å². The average molecular weight is 244 g/mol. The van der Waals surface area contributed by atoms with E-state index in [0.717, 1.165) is 6.42 Å². The van der Waals surface area contributed by atoms with Crippen LogP contribution in [0.15, 0.2) is 0 Å². The Bertz CT molecular complexity index is 264. The molecule has 0 aromatic rings. The van der Waals surface area contributed by atoms with Gasteiger partial charge in [-0.2, -0.15) is 0 Å². The number of hydrogen-bond acceptors (Lipinski definition) is 4. The molecular formula is C12H24N2O3. The lowest BCUT2D eigenvalue weighted by molar-refractivity contribution is -0.144. The van der Waals surface area contributed by atoms with E-state index in [-0.39, 0.29) is 30.5 Å². The molecule has 0 heterocycles. The molecule has 0 aliphatic rings. The molecule has 0 bridgehead atoms. The van der Waals surface area contributed by atoms with Crippen LogP contribution in [0.1, 0.15) is 34.1 Å². The quantitative estimate of drug-likeness (QED) is 0.673. The van der Waals surface area contributed by atoms with Crippen LogP contribution in [0.4, 0.5) is 0 Å². The Morgan fingerprint density at radius 2 is 1.82 bits per heavy atom. The van der Waals surface area contributed by atoms with Crippen molar-refractivity contribution in [3.63, 3.8) is 0 Å². The standard InChI is InChI=1S/C12H24N2O3/c1-6-12(3,4)13-10(15)8-14(5)9-11(16)17-7-2/h6-9H2,1-5H3,(H,13,15). The van der Waals surface area contributed by atoms with E-state index in [1.54, 1.807) is 18.9 Å². The van der Waals surface area contributed by atoms with Gasteiger partial charge >= 0.3 is 5.97 Å². The molecule has 0 aromatic carbocycles. The molecule has 0 aliphatic heterocycles. The molecule has 0 spiro atoms. The van der Waals surface area contributed by atoms with Gasteiger partial charge in [0, 0.05) is 5.54 Å². The maximum Gasteiger partial charge on any atom is 0.320 e. The van der Waals surface area contributed by atoms with Crippen LogP contribution in [0.3, 0.4) is 0 Å². The van der Waals surface area contributed by atoms with Crippen molar-refractivity contribution in [2.24, 2.45) is 0 Å². The number of nitrogens with one attached hydrogen (secondary N) is 1. The largest absolute Gasteiger partial charge is 0.465 e. The average Bonchev–Trinajstić information content (AvgIpc) is 2.16. The van der Waals surface area contributed by atoms with Gasteiger partial charge in [0.2, 0.25) is 5.91 Å². The van der Waals surface area contributed by atoms with E-state index in [1.165, 1.54) is 0 Å². The highest BCUT2D eigenvalue weighted by atomic mass is 16.5. The molecular weight excluding hydrogens is 220 g/mol. The van der Waals surface area contributed by atoms with Crippen LogP contribution < -0.4 is 5.32 Å². The summed E-state index contributed by atoms with van der Waals surface area (Å²) in [6, 6.07) is 0. The second kappa shape index (κ2) is 7.27. The molecule has 0 atom stereocenters. The maximum atomic E-state index is 11.7. The summed E-state index contributed by atoms with van der Waals surface area (Å²) in [6.07, 6.45) is 0.861. The number of carbonyl (C=O) groups is 2. The number of rotatable bonds is 7. The summed E-state index contributed by atoms with van der Waals surface area (Å²) < 4.78 is 4.80. The zero-order chi connectivity index (χ0) is 13.5. The smallest absolute Gasteiger partial charge is 0.320 e.